The van der Waals surface area contributed by atoms with E-state index in [1.54, 1.807) is 42.6 Å². The Hall–Kier alpha value is -2.34. The molecule has 1 amide bonds. The number of hydrogen-bond acceptors (Lipinski definition) is 5. The van der Waals surface area contributed by atoms with Crippen molar-refractivity contribution in [1.82, 2.24) is 4.98 Å². The fraction of sp³-hybridized carbons (Fsp3) is 0.278. The van der Waals surface area contributed by atoms with Crippen molar-refractivity contribution in [3.63, 3.8) is 0 Å². The first-order chi connectivity index (χ1) is 11.6. The summed E-state index contributed by atoms with van der Waals surface area (Å²) in [4.78, 5) is 28.2. The number of carbonyl (C=O) groups is 2. The fourth-order valence-electron chi connectivity index (χ4n) is 2.44. The van der Waals surface area contributed by atoms with E-state index in [2.05, 4.69) is 10.3 Å². The van der Waals surface area contributed by atoms with E-state index in [0.29, 0.717) is 22.7 Å². The summed E-state index contributed by atoms with van der Waals surface area (Å²) >= 11 is 1.84. The topological polar surface area (TPSA) is 68.3 Å². The number of rotatable bonds is 5. The number of anilines is 1. The van der Waals surface area contributed by atoms with Crippen molar-refractivity contribution in [2.75, 3.05) is 16.8 Å². The molecule has 1 aliphatic rings. The van der Waals surface area contributed by atoms with Crippen LogP contribution in [-0.2, 0) is 0 Å². The molecule has 2 heterocycles. The highest BCUT2D eigenvalue weighted by Gasteiger charge is 2.21. The summed E-state index contributed by atoms with van der Waals surface area (Å²) in [5.74, 6) is 1.99. The Kier molecular flexibility index (Phi) is 5.15. The van der Waals surface area contributed by atoms with Gasteiger partial charge in [-0.1, -0.05) is 12.1 Å². The number of aromatic nitrogens is 1. The van der Waals surface area contributed by atoms with Crippen LogP contribution in [0.25, 0.3) is 0 Å². The molecule has 1 N–H and O–H groups in total. The van der Waals surface area contributed by atoms with Crippen LogP contribution in [0.2, 0.25) is 0 Å². The molecular weight excluding hydrogens is 324 g/mol. The number of nitrogens with zero attached hydrogens (tertiary/aromatic N) is 1. The second-order valence-corrected chi connectivity index (χ2v) is 6.70. The molecule has 124 valence electrons. The zero-order chi connectivity index (χ0) is 16.9. The van der Waals surface area contributed by atoms with Crippen LogP contribution in [-0.4, -0.2) is 34.3 Å². The molecule has 6 heteroatoms. The summed E-state index contributed by atoms with van der Waals surface area (Å²) in [6.45, 7) is 1.49. The van der Waals surface area contributed by atoms with Crippen molar-refractivity contribution in [1.29, 1.82) is 0 Å². The number of pyridine rings is 1. The van der Waals surface area contributed by atoms with Crippen molar-refractivity contribution < 1.29 is 14.3 Å². The van der Waals surface area contributed by atoms with E-state index in [9.17, 15) is 9.59 Å². The SMILES string of the molecule is CC(=O)c1cccc(NC(=O)c2cccnc2O[C@H]2CCSC2)c1. The lowest BCUT2D eigenvalue weighted by Crippen LogP contribution is -2.20. The number of ketones is 1. The van der Waals surface area contributed by atoms with Gasteiger partial charge in [-0.15, -0.1) is 0 Å². The molecule has 1 saturated heterocycles. The number of amides is 1. The zero-order valence-corrected chi connectivity index (χ0v) is 14.1. The Balaban J connectivity index is 1.77. The minimum absolute atomic E-state index is 0.0461. The Morgan fingerprint density at radius 1 is 1.29 bits per heavy atom. The molecule has 24 heavy (non-hydrogen) atoms. The molecule has 1 fully saturated rings. The summed E-state index contributed by atoms with van der Waals surface area (Å²) < 4.78 is 5.88. The molecule has 0 spiro atoms. The van der Waals surface area contributed by atoms with Gasteiger partial charge in [-0.25, -0.2) is 4.98 Å². The van der Waals surface area contributed by atoms with Crippen molar-refractivity contribution in [2.24, 2.45) is 0 Å². The molecular formula is C18H18N2O3S. The number of ether oxygens (including phenoxy) is 1. The highest BCUT2D eigenvalue weighted by molar-refractivity contribution is 7.99. The summed E-state index contributed by atoms with van der Waals surface area (Å²) in [5.41, 5.74) is 1.51. The van der Waals surface area contributed by atoms with Crippen LogP contribution in [0.1, 0.15) is 34.1 Å². The molecule has 1 atom stereocenters. The molecule has 1 aromatic heterocycles. The quantitative estimate of drug-likeness (QED) is 0.843. The summed E-state index contributed by atoms with van der Waals surface area (Å²) in [6.07, 6.45) is 2.67. The maximum atomic E-state index is 12.6. The van der Waals surface area contributed by atoms with Gasteiger partial charge >= 0.3 is 0 Å². The van der Waals surface area contributed by atoms with Crippen LogP contribution >= 0.6 is 11.8 Å². The van der Waals surface area contributed by atoms with Crippen molar-refractivity contribution in [2.45, 2.75) is 19.4 Å². The van der Waals surface area contributed by atoms with Gasteiger partial charge in [-0.2, -0.15) is 11.8 Å². The Morgan fingerprint density at radius 2 is 2.17 bits per heavy atom. The van der Waals surface area contributed by atoms with Crippen molar-refractivity contribution in [3.05, 3.63) is 53.7 Å². The van der Waals surface area contributed by atoms with Gasteiger partial charge in [0.1, 0.15) is 11.7 Å². The monoisotopic (exact) mass is 342 g/mol. The van der Waals surface area contributed by atoms with Crippen LogP contribution in [0.5, 0.6) is 5.88 Å². The Bertz CT molecular complexity index is 757. The average Bonchev–Trinajstić information content (AvgIpc) is 3.08. The fourth-order valence-corrected chi connectivity index (χ4v) is 3.53. The Labute approximate surface area is 144 Å². The normalized spacial score (nSPS) is 16.6. The van der Waals surface area contributed by atoms with E-state index in [0.717, 1.165) is 17.9 Å². The van der Waals surface area contributed by atoms with Gasteiger partial charge in [0.2, 0.25) is 5.88 Å². The average molecular weight is 342 g/mol. The van der Waals surface area contributed by atoms with E-state index < -0.39 is 0 Å². The van der Waals surface area contributed by atoms with Gasteiger partial charge < -0.3 is 10.1 Å². The standard InChI is InChI=1S/C18H18N2O3S/c1-12(21)13-4-2-5-14(10-13)20-17(22)16-6-3-8-19-18(16)23-15-7-9-24-11-15/h2-6,8,10,15H,7,9,11H2,1H3,(H,20,22)/t15-/m0/s1. The first-order valence-corrected chi connectivity index (χ1v) is 8.91. The van der Waals surface area contributed by atoms with Gasteiger partial charge in [-0.3, -0.25) is 9.59 Å². The lowest BCUT2D eigenvalue weighted by atomic mass is 10.1. The number of Topliss-reactive ketones (excluding diaryl/α,β-unsaturated/α-hetero) is 1. The largest absolute Gasteiger partial charge is 0.473 e. The third kappa shape index (κ3) is 3.94. The van der Waals surface area contributed by atoms with Crippen LogP contribution in [0.4, 0.5) is 5.69 Å². The molecule has 1 aromatic carbocycles. The van der Waals surface area contributed by atoms with Crippen LogP contribution in [0.3, 0.4) is 0 Å². The number of nitrogens with one attached hydrogen (secondary N) is 1. The third-order valence-corrected chi connectivity index (χ3v) is 4.84. The highest BCUT2D eigenvalue weighted by atomic mass is 32.2. The molecule has 0 aliphatic carbocycles. The molecule has 1 aliphatic heterocycles. The number of thioether (sulfide) groups is 1. The predicted molar refractivity (Wildman–Crippen MR) is 95.0 cm³/mol. The van der Waals surface area contributed by atoms with Gasteiger partial charge in [0.15, 0.2) is 5.78 Å². The van der Waals surface area contributed by atoms with Crippen molar-refractivity contribution >= 4 is 29.1 Å². The van der Waals surface area contributed by atoms with Gasteiger partial charge in [0.25, 0.3) is 5.91 Å². The lowest BCUT2D eigenvalue weighted by molar-refractivity contribution is 0.100. The van der Waals surface area contributed by atoms with Crippen molar-refractivity contribution in [3.8, 4) is 5.88 Å². The summed E-state index contributed by atoms with van der Waals surface area (Å²) in [5, 5.41) is 2.80. The van der Waals surface area contributed by atoms with E-state index in [1.807, 2.05) is 11.8 Å². The molecule has 3 rings (SSSR count). The maximum absolute atomic E-state index is 12.6. The van der Waals surface area contributed by atoms with Gasteiger partial charge in [0.05, 0.1) is 0 Å². The third-order valence-electron chi connectivity index (χ3n) is 3.71. The van der Waals surface area contributed by atoms with Gasteiger partial charge in [-0.05, 0) is 43.4 Å². The number of benzene rings is 1. The van der Waals surface area contributed by atoms with E-state index in [-0.39, 0.29) is 17.8 Å². The predicted octanol–water partition coefficient (Wildman–Crippen LogP) is 3.42. The van der Waals surface area contributed by atoms with E-state index in [4.69, 9.17) is 4.74 Å². The van der Waals surface area contributed by atoms with Crippen LogP contribution < -0.4 is 10.1 Å². The van der Waals surface area contributed by atoms with Crippen LogP contribution in [0.15, 0.2) is 42.6 Å². The molecule has 5 nitrogen and oxygen atoms in total. The Morgan fingerprint density at radius 3 is 2.92 bits per heavy atom. The number of hydrogen-bond donors (Lipinski definition) is 1. The second kappa shape index (κ2) is 7.49. The molecule has 0 bridgehead atoms. The van der Waals surface area contributed by atoms with Crippen LogP contribution in [0, 0.1) is 0 Å². The molecule has 2 aromatic rings. The lowest BCUT2D eigenvalue weighted by Gasteiger charge is -2.14. The van der Waals surface area contributed by atoms with E-state index >= 15 is 0 Å². The minimum Gasteiger partial charge on any atom is -0.473 e. The first kappa shape index (κ1) is 16.5. The summed E-state index contributed by atoms with van der Waals surface area (Å²) in [6, 6.07) is 10.3. The molecule has 0 saturated carbocycles. The second-order valence-electron chi connectivity index (χ2n) is 5.55. The van der Waals surface area contributed by atoms with Gasteiger partial charge in [0, 0.05) is 23.2 Å². The first-order valence-electron chi connectivity index (χ1n) is 7.75. The smallest absolute Gasteiger partial charge is 0.261 e. The minimum atomic E-state index is -0.301. The number of carbonyl (C=O) groups excluding carboxylic acids is 2. The van der Waals surface area contributed by atoms with E-state index in [1.165, 1.54) is 6.92 Å². The molecule has 0 unspecified atom stereocenters. The molecule has 0 radical (unpaired) electrons. The highest BCUT2D eigenvalue weighted by Crippen LogP contribution is 2.24. The maximum Gasteiger partial charge on any atom is 0.261 e. The summed E-state index contributed by atoms with van der Waals surface area (Å²) in [7, 11) is 0. The zero-order valence-electron chi connectivity index (χ0n) is 13.3.